The molecule has 1 rings (SSSR count). The molecule has 0 heterocycles. The third-order valence-corrected chi connectivity index (χ3v) is 1.80. The van der Waals surface area contributed by atoms with Gasteiger partial charge >= 0.3 is 5.97 Å². The molecule has 3 nitrogen and oxygen atoms in total. The number of para-hydroxylation sites is 1. The van der Waals surface area contributed by atoms with Crippen LogP contribution in [-0.4, -0.2) is 24.1 Å². The van der Waals surface area contributed by atoms with Crippen LogP contribution in [0.5, 0.6) is 5.75 Å². The van der Waals surface area contributed by atoms with Crippen LogP contribution in [-0.2, 0) is 0 Å². The number of rotatable bonds is 4. The summed E-state index contributed by atoms with van der Waals surface area (Å²) in [5, 5.41) is 8.79. The fraction of sp³-hybridized carbons (Fsp3) is 0.300. The third-order valence-electron chi connectivity index (χ3n) is 1.80. The number of aromatic carboxylic acids is 1. The van der Waals surface area contributed by atoms with Gasteiger partial charge in [0.05, 0.1) is 0 Å². The Hall–Kier alpha value is -1.65. The number of benzene rings is 1. The van der Waals surface area contributed by atoms with Crippen molar-refractivity contribution < 1.29 is 23.4 Å². The van der Waals surface area contributed by atoms with Gasteiger partial charge in [-0.25, -0.2) is 13.6 Å². The molecule has 0 unspecified atom stereocenters. The minimum absolute atomic E-state index is 0.00491. The molecule has 1 aromatic rings. The zero-order valence-corrected chi connectivity index (χ0v) is 8.04. The predicted octanol–water partition coefficient (Wildman–Crippen LogP) is 2.34. The number of alkyl halides is 2. The van der Waals surface area contributed by atoms with Crippen LogP contribution < -0.4 is 4.74 Å². The molecule has 0 aliphatic heterocycles. The van der Waals surface area contributed by atoms with Crippen molar-refractivity contribution in [1.29, 1.82) is 0 Å². The normalized spacial score (nSPS) is 10.4. The highest BCUT2D eigenvalue weighted by Crippen LogP contribution is 2.23. The molecule has 0 amide bonds. The summed E-state index contributed by atoms with van der Waals surface area (Å²) in [7, 11) is 0. The summed E-state index contributed by atoms with van der Waals surface area (Å²) < 4.78 is 28.6. The van der Waals surface area contributed by atoms with Crippen molar-refractivity contribution in [1.82, 2.24) is 0 Å². The molecule has 0 saturated carbocycles. The Kier molecular flexibility index (Phi) is 3.60. The zero-order chi connectivity index (χ0) is 11.4. The molecule has 0 aliphatic rings. The van der Waals surface area contributed by atoms with Gasteiger partial charge in [-0.2, -0.15) is 0 Å². The first-order chi connectivity index (χ1) is 7.02. The minimum Gasteiger partial charge on any atom is -0.486 e. The second-order valence-corrected chi connectivity index (χ2v) is 2.96. The molecule has 0 spiro atoms. The van der Waals surface area contributed by atoms with Gasteiger partial charge in [-0.15, -0.1) is 0 Å². The maximum absolute atomic E-state index is 11.9. The number of carboxylic acids is 1. The maximum atomic E-state index is 11.9. The number of aryl methyl sites for hydroxylation is 1. The standard InChI is InChI=1S/C10H10F2O3/c1-6-3-2-4-7(10(13)14)9(6)15-5-8(11)12/h2-4,8H,5H2,1H3,(H,13,14). The van der Waals surface area contributed by atoms with Crippen LogP contribution in [0.2, 0.25) is 0 Å². The second kappa shape index (κ2) is 4.72. The lowest BCUT2D eigenvalue weighted by molar-refractivity contribution is 0.0663. The highest BCUT2D eigenvalue weighted by molar-refractivity contribution is 5.91. The van der Waals surface area contributed by atoms with Crippen molar-refractivity contribution in [3.63, 3.8) is 0 Å². The summed E-state index contributed by atoms with van der Waals surface area (Å²) >= 11 is 0. The first-order valence-electron chi connectivity index (χ1n) is 4.26. The Balaban J connectivity index is 2.97. The molecule has 0 bridgehead atoms. The summed E-state index contributed by atoms with van der Waals surface area (Å²) in [5.41, 5.74) is 0.422. The number of halogens is 2. The smallest absolute Gasteiger partial charge is 0.339 e. The van der Waals surface area contributed by atoms with Crippen LogP contribution in [0.25, 0.3) is 0 Å². The van der Waals surface area contributed by atoms with E-state index in [1.54, 1.807) is 13.0 Å². The molecule has 0 radical (unpaired) electrons. The van der Waals surface area contributed by atoms with Crippen LogP contribution in [0.1, 0.15) is 15.9 Å². The predicted molar refractivity (Wildman–Crippen MR) is 49.6 cm³/mol. The van der Waals surface area contributed by atoms with E-state index in [-0.39, 0.29) is 11.3 Å². The summed E-state index contributed by atoms with van der Waals surface area (Å²) in [6.45, 7) is 0.804. The Bertz CT molecular complexity index is 364. The highest BCUT2D eigenvalue weighted by Gasteiger charge is 2.14. The van der Waals surface area contributed by atoms with Crippen molar-refractivity contribution in [2.24, 2.45) is 0 Å². The largest absolute Gasteiger partial charge is 0.486 e. The molecular weight excluding hydrogens is 206 g/mol. The monoisotopic (exact) mass is 216 g/mol. The molecule has 0 fully saturated rings. The van der Waals surface area contributed by atoms with E-state index in [0.717, 1.165) is 0 Å². The van der Waals surface area contributed by atoms with E-state index < -0.39 is 19.0 Å². The number of ether oxygens (including phenoxy) is 1. The first-order valence-corrected chi connectivity index (χ1v) is 4.26. The third kappa shape index (κ3) is 2.90. The molecule has 0 saturated heterocycles. The van der Waals surface area contributed by atoms with E-state index in [4.69, 9.17) is 9.84 Å². The van der Waals surface area contributed by atoms with Crippen molar-refractivity contribution >= 4 is 5.97 Å². The van der Waals surface area contributed by atoms with E-state index in [0.29, 0.717) is 5.56 Å². The molecule has 15 heavy (non-hydrogen) atoms. The number of carbonyl (C=O) groups is 1. The quantitative estimate of drug-likeness (QED) is 0.840. The summed E-state index contributed by atoms with van der Waals surface area (Å²) in [5.74, 6) is -1.19. The summed E-state index contributed by atoms with van der Waals surface area (Å²) in [4.78, 5) is 10.8. The van der Waals surface area contributed by atoms with Crippen LogP contribution in [0.15, 0.2) is 18.2 Å². The SMILES string of the molecule is Cc1cccc(C(=O)O)c1OCC(F)F. The van der Waals surface area contributed by atoms with Crippen LogP contribution >= 0.6 is 0 Å². The average Bonchev–Trinajstić information content (AvgIpc) is 2.15. The summed E-state index contributed by atoms with van der Waals surface area (Å²) in [6, 6.07) is 4.46. The molecular formula is C10H10F2O3. The van der Waals surface area contributed by atoms with Gasteiger partial charge in [-0.1, -0.05) is 12.1 Å². The number of hydrogen-bond acceptors (Lipinski definition) is 2. The van der Waals surface area contributed by atoms with E-state index in [9.17, 15) is 13.6 Å². The van der Waals surface area contributed by atoms with E-state index in [1.807, 2.05) is 0 Å². The first kappa shape index (κ1) is 11.4. The summed E-state index contributed by atoms with van der Waals surface area (Å²) in [6.07, 6.45) is -2.62. The van der Waals surface area contributed by atoms with E-state index in [1.165, 1.54) is 12.1 Å². The average molecular weight is 216 g/mol. The van der Waals surface area contributed by atoms with Crippen molar-refractivity contribution in [2.45, 2.75) is 13.3 Å². The van der Waals surface area contributed by atoms with E-state index in [2.05, 4.69) is 0 Å². The van der Waals surface area contributed by atoms with Crippen molar-refractivity contribution in [2.75, 3.05) is 6.61 Å². The molecule has 0 aliphatic carbocycles. The van der Waals surface area contributed by atoms with Gasteiger partial charge in [0.25, 0.3) is 6.43 Å². The van der Waals surface area contributed by atoms with Gasteiger partial charge in [0.15, 0.2) is 0 Å². The van der Waals surface area contributed by atoms with Crippen LogP contribution in [0, 0.1) is 6.92 Å². The van der Waals surface area contributed by atoms with Crippen molar-refractivity contribution in [3.05, 3.63) is 29.3 Å². The van der Waals surface area contributed by atoms with Gasteiger partial charge in [-0.05, 0) is 18.6 Å². The van der Waals surface area contributed by atoms with Crippen molar-refractivity contribution in [3.8, 4) is 5.75 Å². The second-order valence-electron chi connectivity index (χ2n) is 2.96. The van der Waals surface area contributed by atoms with Crippen LogP contribution in [0.4, 0.5) is 8.78 Å². The van der Waals surface area contributed by atoms with Gasteiger partial charge in [0, 0.05) is 0 Å². The van der Waals surface area contributed by atoms with E-state index >= 15 is 0 Å². The Labute approximate surface area is 85.3 Å². The van der Waals surface area contributed by atoms with Gasteiger partial charge in [0.1, 0.15) is 17.9 Å². The fourth-order valence-electron chi connectivity index (χ4n) is 1.16. The highest BCUT2D eigenvalue weighted by atomic mass is 19.3. The molecule has 0 atom stereocenters. The molecule has 5 heteroatoms. The molecule has 82 valence electrons. The lowest BCUT2D eigenvalue weighted by atomic mass is 10.1. The Morgan fingerprint density at radius 3 is 2.73 bits per heavy atom. The Morgan fingerprint density at radius 1 is 1.53 bits per heavy atom. The topological polar surface area (TPSA) is 46.5 Å². The van der Waals surface area contributed by atoms with Gasteiger partial charge in [-0.3, -0.25) is 0 Å². The Morgan fingerprint density at radius 2 is 2.20 bits per heavy atom. The van der Waals surface area contributed by atoms with Gasteiger partial charge < -0.3 is 9.84 Å². The minimum atomic E-state index is -2.62. The molecule has 1 aromatic carbocycles. The number of hydrogen-bond donors (Lipinski definition) is 1. The lowest BCUT2D eigenvalue weighted by Gasteiger charge is -2.11. The lowest BCUT2D eigenvalue weighted by Crippen LogP contribution is -2.11. The van der Waals surface area contributed by atoms with Gasteiger partial charge in [0.2, 0.25) is 0 Å². The number of carboxylic acid groups (broad SMARTS) is 1. The van der Waals surface area contributed by atoms with Crippen LogP contribution in [0.3, 0.4) is 0 Å². The molecule has 0 aromatic heterocycles. The maximum Gasteiger partial charge on any atom is 0.339 e. The fourth-order valence-corrected chi connectivity index (χ4v) is 1.16. The zero-order valence-electron chi connectivity index (χ0n) is 8.04. The molecule has 1 N–H and O–H groups in total.